The minimum Gasteiger partial charge on any atom is -0.353 e. The topological polar surface area (TPSA) is 66.5 Å². The second-order valence-electron chi connectivity index (χ2n) is 6.90. The smallest absolute Gasteiger partial charge is 0.243 e. The minimum absolute atomic E-state index is 0.303. The summed E-state index contributed by atoms with van der Waals surface area (Å²) in [6.07, 6.45) is 1.12. The molecule has 7 heteroatoms. The van der Waals surface area contributed by atoms with Crippen LogP contribution in [0.25, 0.3) is 0 Å². The first-order valence-corrected chi connectivity index (χ1v) is 12.2. The monoisotopic (exact) mass is 420 g/mol. The van der Waals surface area contributed by atoms with E-state index in [9.17, 15) is 13.2 Å². The Hall–Kier alpha value is -1.99. The lowest BCUT2D eigenvalue weighted by Gasteiger charge is -2.28. The molecule has 0 saturated carbocycles. The molecule has 152 valence electrons. The lowest BCUT2D eigenvalue weighted by Crippen LogP contribution is -2.48. The lowest BCUT2D eigenvalue weighted by atomic mass is 10.2. The van der Waals surface area contributed by atoms with Crippen LogP contribution in [-0.2, 0) is 20.6 Å². The number of nitrogens with one attached hydrogen (secondary N) is 1. The molecule has 0 heterocycles. The first-order valence-electron chi connectivity index (χ1n) is 9.15. The molecule has 0 bridgehead atoms. The van der Waals surface area contributed by atoms with Gasteiger partial charge in [-0.15, -0.1) is 0 Å². The van der Waals surface area contributed by atoms with Gasteiger partial charge < -0.3 is 5.32 Å². The molecule has 0 fully saturated rings. The number of hydrogen-bond donors (Lipinski definition) is 1. The van der Waals surface area contributed by atoms with Gasteiger partial charge in [-0.1, -0.05) is 42.0 Å². The second kappa shape index (κ2) is 9.98. The lowest BCUT2D eigenvalue weighted by molar-refractivity contribution is -0.121. The zero-order valence-corrected chi connectivity index (χ0v) is 18.4. The summed E-state index contributed by atoms with van der Waals surface area (Å²) in [7, 11) is -3.59. The van der Waals surface area contributed by atoms with E-state index in [0.29, 0.717) is 12.2 Å². The van der Waals surface area contributed by atoms with Gasteiger partial charge >= 0.3 is 0 Å². The summed E-state index contributed by atoms with van der Waals surface area (Å²) in [4.78, 5) is 12.5. The van der Waals surface area contributed by atoms with Crippen molar-refractivity contribution in [2.45, 2.75) is 32.6 Å². The van der Waals surface area contributed by atoms with Crippen molar-refractivity contribution in [1.82, 2.24) is 5.32 Å². The Morgan fingerprint density at radius 2 is 1.79 bits per heavy atom. The molecule has 0 radical (unpaired) electrons. The number of rotatable bonds is 9. The predicted octanol–water partition coefficient (Wildman–Crippen LogP) is 3.51. The average molecular weight is 421 g/mol. The number of carbonyl (C=O) groups is 1. The van der Waals surface area contributed by atoms with Crippen LogP contribution in [0.1, 0.15) is 23.6 Å². The summed E-state index contributed by atoms with van der Waals surface area (Å²) in [6.45, 7) is 6.05. The molecule has 1 atom stereocenters. The number of hydrogen-bond acceptors (Lipinski definition) is 4. The molecule has 28 heavy (non-hydrogen) atoms. The van der Waals surface area contributed by atoms with E-state index < -0.39 is 16.1 Å². The van der Waals surface area contributed by atoms with Crippen LogP contribution in [0.15, 0.2) is 48.5 Å². The zero-order valence-electron chi connectivity index (χ0n) is 16.8. The van der Waals surface area contributed by atoms with Crippen LogP contribution >= 0.6 is 11.8 Å². The predicted molar refractivity (Wildman–Crippen MR) is 118 cm³/mol. The van der Waals surface area contributed by atoms with Crippen LogP contribution < -0.4 is 9.62 Å². The van der Waals surface area contributed by atoms with Crippen LogP contribution in [0, 0.1) is 13.8 Å². The van der Waals surface area contributed by atoms with Crippen molar-refractivity contribution in [3.05, 3.63) is 65.2 Å². The van der Waals surface area contributed by atoms with E-state index in [-0.39, 0.29) is 5.91 Å². The molecule has 2 aromatic carbocycles. The first kappa shape index (κ1) is 22.3. The summed E-state index contributed by atoms with van der Waals surface area (Å²) in [5.41, 5.74) is 3.92. The highest BCUT2D eigenvalue weighted by Gasteiger charge is 2.28. The molecule has 0 aliphatic carbocycles. The zero-order chi connectivity index (χ0) is 20.7. The molecule has 1 N–H and O–H groups in total. The van der Waals surface area contributed by atoms with Gasteiger partial charge in [-0.2, -0.15) is 11.8 Å². The molecule has 0 aromatic heterocycles. The maximum absolute atomic E-state index is 12.5. The van der Waals surface area contributed by atoms with E-state index in [0.717, 1.165) is 23.3 Å². The van der Waals surface area contributed by atoms with Crippen LogP contribution in [0.2, 0.25) is 0 Å². The maximum atomic E-state index is 12.5. The third-order valence-electron chi connectivity index (χ3n) is 4.28. The van der Waals surface area contributed by atoms with E-state index in [1.807, 2.05) is 13.0 Å². The van der Waals surface area contributed by atoms with E-state index >= 15 is 0 Å². The summed E-state index contributed by atoms with van der Waals surface area (Å²) in [5, 5.41) is 2.85. The van der Waals surface area contributed by atoms with Gasteiger partial charge in [-0.3, -0.25) is 9.10 Å². The molecule has 2 aromatic rings. The Morgan fingerprint density at radius 1 is 1.11 bits per heavy atom. The number of aryl methyl sites for hydroxylation is 2. The highest BCUT2D eigenvalue weighted by atomic mass is 32.2. The average Bonchev–Trinajstić information content (AvgIpc) is 2.61. The maximum Gasteiger partial charge on any atom is 0.243 e. The second-order valence-corrected chi connectivity index (χ2v) is 9.87. The Labute approximate surface area is 172 Å². The molecule has 2 rings (SSSR count). The number of thioether (sulfide) groups is 1. The van der Waals surface area contributed by atoms with Crippen molar-refractivity contribution in [3.8, 4) is 0 Å². The molecule has 0 aliphatic rings. The van der Waals surface area contributed by atoms with Crippen LogP contribution in [0.3, 0.4) is 0 Å². The van der Waals surface area contributed by atoms with Crippen molar-refractivity contribution < 1.29 is 13.2 Å². The number of amides is 1. The largest absolute Gasteiger partial charge is 0.353 e. The standard InChI is InChI=1S/C21H28N2O3S2/c1-16-8-10-19(11-9-16)15-27-13-12-22-21(24)18(3)23(28(4,25)26)20-7-5-6-17(2)14-20/h5-11,14,18H,12-13,15H2,1-4H3,(H,22,24)/t18-/m0/s1. The molecular weight excluding hydrogens is 392 g/mol. The van der Waals surface area contributed by atoms with E-state index in [1.165, 1.54) is 15.4 Å². The Balaban J connectivity index is 1.89. The first-order chi connectivity index (χ1) is 13.2. The highest BCUT2D eigenvalue weighted by molar-refractivity contribution is 7.98. The Bertz CT molecular complexity index is 896. The number of anilines is 1. The number of carbonyl (C=O) groups excluding carboxylic acids is 1. The number of nitrogens with zero attached hydrogens (tertiary/aromatic N) is 1. The van der Waals surface area contributed by atoms with Gasteiger partial charge in [-0.05, 0) is 44.0 Å². The van der Waals surface area contributed by atoms with Crippen LogP contribution in [0.4, 0.5) is 5.69 Å². The molecule has 1 amide bonds. The highest BCUT2D eigenvalue weighted by Crippen LogP contribution is 2.22. The molecule has 0 unspecified atom stereocenters. The van der Waals surface area contributed by atoms with Crippen molar-refractivity contribution >= 4 is 33.4 Å². The molecule has 0 saturated heterocycles. The van der Waals surface area contributed by atoms with Gasteiger partial charge in [0.1, 0.15) is 6.04 Å². The fourth-order valence-electron chi connectivity index (χ4n) is 2.84. The quantitative estimate of drug-likeness (QED) is 0.631. The van der Waals surface area contributed by atoms with Crippen molar-refractivity contribution in [3.63, 3.8) is 0 Å². The summed E-state index contributed by atoms with van der Waals surface area (Å²) < 4.78 is 25.8. The normalized spacial score (nSPS) is 12.4. The SMILES string of the molecule is Cc1ccc(CSCCNC(=O)[C@H](C)N(c2cccc(C)c2)S(C)(=O)=O)cc1. The van der Waals surface area contributed by atoms with Crippen molar-refractivity contribution in [1.29, 1.82) is 0 Å². The third kappa shape index (κ3) is 6.56. The minimum atomic E-state index is -3.59. The fourth-order valence-corrected chi connectivity index (χ4v) is 4.83. The molecule has 0 aliphatic heterocycles. The summed E-state index contributed by atoms with van der Waals surface area (Å²) in [6, 6.07) is 14.7. The van der Waals surface area contributed by atoms with Crippen molar-refractivity contribution in [2.75, 3.05) is 22.9 Å². The van der Waals surface area contributed by atoms with Gasteiger partial charge in [0, 0.05) is 18.1 Å². The van der Waals surface area contributed by atoms with E-state index in [4.69, 9.17) is 0 Å². The molecule has 0 spiro atoms. The Morgan fingerprint density at radius 3 is 2.39 bits per heavy atom. The van der Waals surface area contributed by atoms with Crippen LogP contribution in [-0.4, -0.2) is 38.9 Å². The van der Waals surface area contributed by atoms with Crippen LogP contribution in [0.5, 0.6) is 0 Å². The van der Waals surface area contributed by atoms with E-state index in [2.05, 4.69) is 36.5 Å². The summed E-state index contributed by atoms with van der Waals surface area (Å²) >= 11 is 1.73. The number of sulfonamides is 1. The third-order valence-corrected chi connectivity index (χ3v) is 6.55. The van der Waals surface area contributed by atoms with Crippen molar-refractivity contribution in [2.24, 2.45) is 0 Å². The van der Waals surface area contributed by atoms with E-state index in [1.54, 1.807) is 36.9 Å². The fraction of sp³-hybridized carbons (Fsp3) is 0.381. The Kier molecular flexibility index (Phi) is 7.95. The molecular formula is C21H28N2O3S2. The van der Waals surface area contributed by atoms with Gasteiger partial charge in [0.2, 0.25) is 15.9 Å². The van der Waals surface area contributed by atoms with Gasteiger partial charge in [-0.25, -0.2) is 8.42 Å². The van der Waals surface area contributed by atoms with Gasteiger partial charge in [0.15, 0.2) is 0 Å². The molecule has 5 nitrogen and oxygen atoms in total. The number of benzene rings is 2. The summed E-state index contributed by atoms with van der Waals surface area (Å²) in [5.74, 6) is 1.34. The van der Waals surface area contributed by atoms with Gasteiger partial charge in [0.05, 0.1) is 11.9 Å². The van der Waals surface area contributed by atoms with Gasteiger partial charge in [0.25, 0.3) is 0 Å².